The monoisotopic (exact) mass is 225 g/mol. The second kappa shape index (κ2) is 6.02. The van der Waals surface area contributed by atoms with E-state index in [9.17, 15) is 14.4 Å². The fourth-order valence-corrected chi connectivity index (χ4v) is 1.28. The first kappa shape index (κ1) is 12.4. The molecule has 3 N–H and O–H groups in total. The minimum absolute atomic E-state index is 0.124. The lowest BCUT2D eigenvalue weighted by Crippen LogP contribution is -2.35. The lowest BCUT2D eigenvalue weighted by atomic mass is 10.3. The van der Waals surface area contributed by atoms with E-state index in [2.05, 4.69) is 5.32 Å². The average Bonchev–Trinajstić information content (AvgIpc) is 2.57. The molecule has 0 spiro atoms. The van der Waals surface area contributed by atoms with Crippen LogP contribution in [-0.4, -0.2) is 42.3 Å². The van der Waals surface area contributed by atoms with Gasteiger partial charge in [0.05, 0.1) is 0 Å². The molecule has 0 aromatic heterocycles. The number of nitrogens with two attached hydrogens (primary N) is 1. The number of nitrogens with zero attached hydrogens (tertiary/aromatic N) is 1. The van der Waals surface area contributed by atoms with E-state index < -0.39 is 0 Å². The number of imide groups is 1. The van der Waals surface area contributed by atoms with Crippen molar-refractivity contribution in [3.63, 3.8) is 0 Å². The molecule has 1 heterocycles. The predicted molar refractivity (Wildman–Crippen MR) is 57.2 cm³/mol. The van der Waals surface area contributed by atoms with Gasteiger partial charge >= 0.3 is 0 Å². The standard InChI is InChI=1S/C10H15N3O3/c11-5-1-6-12-8(14)4-7-13-9(15)2-3-10(13)16/h2-3H,1,4-7,11H2,(H,12,14). The highest BCUT2D eigenvalue weighted by molar-refractivity contribution is 6.13. The van der Waals surface area contributed by atoms with E-state index in [-0.39, 0.29) is 30.7 Å². The van der Waals surface area contributed by atoms with Crippen LogP contribution in [0, 0.1) is 0 Å². The number of rotatable bonds is 6. The smallest absolute Gasteiger partial charge is 0.253 e. The quantitative estimate of drug-likeness (QED) is 0.437. The van der Waals surface area contributed by atoms with E-state index in [0.717, 1.165) is 11.3 Å². The van der Waals surface area contributed by atoms with Gasteiger partial charge in [-0.15, -0.1) is 0 Å². The number of carbonyl (C=O) groups is 3. The summed E-state index contributed by atoms with van der Waals surface area (Å²) in [5.41, 5.74) is 5.27. The van der Waals surface area contributed by atoms with E-state index in [1.54, 1.807) is 0 Å². The van der Waals surface area contributed by atoms with Crippen LogP contribution < -0.4 is 11.1 Å². The first-order chi connectivity index (χ1) is 7.65. The topological polar surface area (TPSA) is 92.5 Å². The van der Waals surface area contributed by atoms with Gasteiger partial charge in [0.25, 0.3) is 11.8 Å². The van der Waals surface area contributed by atoms with Crippen molar-refractivity contribution >= 4 is 17.7 Å². The maximum Gasteiger partial charge on any atom is 0.253 e. The molecule has 0 aromatic rings. The molecule has 6 heteroatoms. The van der Waals surface area contributed by atoms with Crippen molar-refractivity contribution in [3.05, 3.63) is 12.2 Å². The molecule has 6 nitrogen and oxygen atoms in total. The number of hydrogen-bond donors (Lipinski definition) is 2. The summed E-state index contributed by atoms with van der Waals surface area (Å²) < 4.78 is 0. The molecule has 3 amide bonds. The third kappa shape index (κ3) is 3.47. The van der Waals surface area contributed by atoms with Crippen LogP contribution in [0.3, 0.4) is 0 Å². The fraction of sp³-hybridized carbons (Fsp3) is 0.500. The summed E-state index contributed by atoms with van der Waals surface area (Å²) >= 11 is 0. The van der Waals surface area contributed by atoms with Gasteiger partial charge in [-0.2, -0.15) is 0 Å². The summed E-state index contributed by atoms with van der Waals surface area (Å²) in [4.78, 5) is 34.6. The van der Waals surface area contributed by atoms with Gasteiger partial charge < -0.3 is 11.1 Å². The predicted octanol–water partition coefficient (Wildman–Crippen LogP) is -1.23. The maximum absolute atomic E-state index is 11.3. The molecule has 16 heavy (non-hydrogen) atoms. The largest absolute Gasteiger partial charge is 0.356 e. The average molecular weight is 225 g/mol. The third-order valence-corrected chi connectivity index (χ3v) is 2.17. The second-order valence-electron chi connectivity index (χ2n) is 3.40. The molecule has 1 aliphatic heterocycles. The first-order valence-electron chi connectivity index (χ1n) is 5.15. The molecular formula is C10H15N3O3. The molecule has 1 rings (SSSR count). The van der Waals surface area contributed by atoms with E-state index in [1.807, 2.05) is 0 Å². The van der Waals surface area contributed by atoms with Gasteiger partial charge in [0.1, 0.15) is 0 Å². The summed E-state index contributed by atoms with van der Waals surface area (Å²) in [6.45, 7) is 1.17. The van der Waals surface area contributed by atoms with Gasteiger partial charge in [0.15, 0.2) is 0 Å². The molecule has 0 aromatic carbocycles. The van der Waals surface area contributed by atoms with Crippen molar-refractivity contribution in [3.8, 4) is 0 Å². The van der Waals surface area contributed by atoms with Crippen molar-refractivity contribution in [2.24, 2.45) is 5.73 Å². The minimum atomic E-state index is -0.361. The van der Waals surface area contributed by atoms with Crippen LogP contribution in [0.2, 0.25) is 0 Å². The summed E-state index contributed by atoms with van der Waals surface area (Å²) in [6.07, 6.45) is 3.25. The van der Waals surface area contributed by atoms with Gasteiger partial charge in [0, 0.05) is 31.7 Å². The van der Waals surface area contributed by atoms with Crippen molar-refractivity contribution < 1.29 is 14.4 Å². The fourth-order valence-electron chi connectivity index (χ4n) is 1.28. The van der Waals surface area contributed by atoms with Crippen molar-refractivity contribution in [1.29, 1.82) is 0 Å². The lowest BCUT2D eigenvalue weighted by Gasteiger charge is -2.13. The number of hydrogen-bond acceptors (Lipinski definition) is 4. The summed E-state index contributed by atoms with van der Waals surface area (Å²) in [5, 5.41) is 2.65. The van der Waals surface area contributed by atoms with Crippen LogP contribution in [0.4, 0.5) is 0 Å². The summed E-state index contributed by atoms with van der Waals surface area (Å²) in [7, 11) is 0. The highest BCUT2D eigenvalue weighted by Gasteiger charge is 2.23. The molecule has 0 fully saturated rings. The Morgan fingerprint density at radius 2 is 1.94 bits per heavy atom. The minimum Gasteiger partial charge on any atom is -0.356 e. The second-order valence-corrected chi connectivity index (χ2v) is 3.40. The van der Waals surface area contributed by atoms with Gasteiger partial charge in [0.2, 0.25) is 5.91 Å². The molecule has 0 aliphatic carbocycles. The molecule has 88 valence electrons. The molecule has 0 bridgehead atoms. The first-order valence-corrected chi connectivity index (χ1v) is 5.15. The molecule has 0 atom stereocenters. The van der Waals surface area contributed by atoms with E-state index >= 15 is 0 Å². The molecule has 0 radical (unpaired) electrons. The maximum atomic E-state index is 11.3. The molecule has 0 unspecified atom stereocenters. The normalized spacial score (nSPS) is 14.7. The zero-order valence-electron chi connectivity index (χ0n) is 8.94. The van der Waals surface area contributed by atoms with Crippen LogP contribution in [0.1, 0.15) is 12.8 Å². The van der Waals surface area contributed by atoms with Gasteiger partial charge in [-0.25, -0.2) is 0 Å². The van der Waals surface area contributed by atoms with Crippen LogP contribution in [0.25, 0.3) is 0 Å². The Balaban J connectivity index is 2.22. The van der Waals surface area contributed by atoms with E-state index in [1.165, 1.54) is 12.2 Å². The number of carbonyl (C=O) groups excluding carboxylic acids is 3. The highest BCUT2D eigenvalue weighted by Crippen LogP contribution is 2.03. The number of amides is 3. The van der Waals surface area contributed by atoms with E-state index in [0.29, 0.717) is 13.1 Å². The van der Waals surface area contributed by atoms with Crippen molar-refractivity contribution in [2.75, 3.05) is 19.6 Å². The zero-order valence-corrected chi connectivity index (χ0v) is 8.94. The van der Waals surface area contributed by atoms with Crippen LogP contribution in [0.15, 0.2) is 12.2 Å². The van der Waals surface area contributed by atoms with Crippen LogP contribution in [0.5, 0.6) is 0 Å². The van der Waals surface area contributed by atoms with Gasteiger partial charge in [-0.3, -0.25) is 19.3 Å². The van der Waals surface area contributed by atoms with Gasteiger partial charge in [-0.05, 0) is 13.0 Å². The highest BCUT2D eigenvalue weighted by atomic mass is 16.2. The Labute approximate surface area is 93.5 Å². The lowest BCUT2D eigenvalue weighted by molar-refractivity contribution is -0.137. The van der Waals surface area contributed by atoms with Gasteiger partial charge in [-0.1, -0.05) is 0 Å². The third-order valence-electron chi connectivity index (χ3n) is 2.17. The molecule has 0 saturated heterocycles. The Kier molecular flexibility index (Phi) is 4.65. The molecule has 1 aliphatic rings. The SMILES string of the molecule is NCCCNC(=O)CCN1C(=O)C=CC1=O. The van der Waals surface area contributed by atoms with Crippen LogP contribution in [-0.2, 0) is 14.4 Å². The Morgan fingerprint density at radius 1 is 1.31 bits per heavy atom. The number of nitrogens with one attached hydrogen (secondary N) is 1. The zero-order chi connectivity index (χ0) is 12.0. The Morgan fingerprint density at radius 3 is 2.50 bits per heavy atom. The Hall–Kier alpha value is -1.69. The van der Waals surface area contributed by atoms with E-state index in [4.69, 9.17) is 5.73 Å². The Bertz CT molecular complexity index is 307. The molecular weight excluding hydrogens is 210 g/mol. The van der Waals surface area contributed by atoms with Crippen molar-refractivity contribution in [2.45, 2.75) is 12.8 Å². The summed E-state index contributed by atoms with van der Waals surface area (Å²) in [5.74, 6) is -0.902. The summed E-state index contributed by atoms with van der Waals surface area (Å²) in [6, 6.07) is 0. The van der Waals surface area contributed by atoms with Crippen molar-refractivity contribution in [1.82, 2.24) is 10.2 Å². The molecule has 0 saturated carbocycles. The van der Waals surface area contributed by atoms with Crippen LogP contribution >= 0.6 is 0 Å².